The van der Waals surface area contributed by atoms with Crippen LogP contribution in [0.2, 0.25) is 10.0 Å². The van der Waals surface area contributed by atoms with Gasteiger partial charge in [-0.1, -0.05) is 35.3 Å². The van der Waals surface area contributed by atoms with E-state index in [1.165, 1.54) is 0 Å². The first-order valence-corrected chi connectivity index (χ1v) is 6.10. The Bertz CT molecular complexity index is 474. The molecular formula is C12H11Cl2NO2. The van der Waals surface area contributed by atoms with Gasteiger partial charge in [0.05, 0.1) is 10.0 Å². The maximum absolute atomic E-state index is 11.6. The van der Waals surface area contributed by atoms with Crippen molar-refractivity contribution >= 4 is 35.0 Å². The summed E-state index contributed by atoms with van der Waals surface area (Å²) < 4.78 is 0. The lowest BCUT2D eigenvalue weighted by Crippen LogP contribution is -2.41. The lowest BCUT2D eigenvalue weighted by molar-refractivity contribution is -0.136. The van der Waals surface area contributed by atoms with Crippen molar-refractivity contribution < 1.29 is 9.59 Å². The van der Waals surface area contributed by atoms with E-state index < -0.39 is 0 Å². The minimum Gasteiger partial charge on any atom is -0.296 e. The van der Waals surface area contributed by atoms with E-state index in [2.05, 4.69) is 5.32 Å². The Morgan fingerprint density at radius 2 is 2.06 bits per heavy atom. The third-order valence-corrected chi connectivity index (χ3v) is 3.71. The summed E-state index contributed by atoms with van der Waals surface area (Å²) in [5, 5.41) is 3.30. The van der Waals surface area contributed by atoms with Gasteiger partial charge in [-0.3, -0.25) is 14.9 Å². The van der Waals surface area contributed by atoms with Crippen molar-refractivity contribution in [2.45, 2.75) is 19.3 Å². The molecule has 1 unspecified atom stereocenters. The van der Waals surface area contributed by atoms with Crippen LogP contribution >= 0.6 is 23.2 Å². The van der Waals surface area contributed by atoms with Crippen LogP contribution in [0, 0.1) is 5.92 Å². The fourth-order valence-corrected chi connectivity index (χ4v) is 2.30. The fraction of sp³-hybridized carbons (Fsp3) is 0.333. The van der Waals surface area contributed by atoms with Crippen LogP contribution in [0.25, 0.3) is 0 Å². The molecule has 1 N–H and O–H groups in total. The maximum Gasteiger partial charge on any atom is 0.230 e. The largest absolute Gasteiger partial charge is 0.296 e. The molecule has 0 aromatic heterocycles. The third kappa shape index (κ3) is 2.79. The molecule has 0 spiro atoms. The number of carbonyl (C=O) groups excluding carboxylic acids is 2. The summed E-state index contributed by atoms with van der Waals surface area (Å²) >= 11 is 12.0. The van der Waals surface area contributed by atoms with Crippen molar-refractivity contribution in [3.05, 3.63) is 33.8 Å². The van der Waals surface area contributed by atoms with Gasteiger partial charge in [-0.25, -0.2) is 0 Å². The summed E-state index contributed by atoms with van der Waals surface area (Å²) in [7, 11) is 0. The molecular weight excluding hydrogens is 261 g/mol. The molecule has 1 aliphatic rings. The standard InChI is InChI=1S/C12H11Cl2NO2/c13-9-3-1-2-7(11(9)14)6-8-4-5-10(16)15-12(8)17/h1-3,8H,4-6H2,(H,15,16,17). The van der Waals surface area contributed by atoms with E-state index in [-0.39, 0.29) is 17.7 Å². The number of piperidine rings is 1. The molecule has 0 saturated carbocycles. The number of benzene rings is 1. The Kier molecular flexibility index (Phi) is 3.69. The number of imide groups is 1. The Labute approximate surface area is 109 Å². The molecule has 1 saturated heterocycles. The lowest BCUT2D eigenvalue weighted by Gasteiger charge is -2.21. The van der Waals surface area contributed by atoms with Crippen molar-refractivity contribution in [1.29, 1.82) is 0 Å². The first-order valence-electron chi connectivity index (χ1n) is 5.34. The number of rotatable bonds is 2. The molecule has 0 bridgehead atoms. The summed E-state index contributed by atoms with van der Waals surface area (Å²) in [5.74, 6) is -0.635. The van der Waals surface area contributed by atoms with Crippen molar-refractivity contribution in [2.75, 3.05) is 0 Å². The predicted molar refractivity (Wildman–Crippen MR) is 66.0 cm³/mol. The minimum atomic E-state index is -0.225. The highest BCUT2D eigenvalue weighted by atomic mass is 35.5. The zero-order valence-corrected chi connectivity index (χ0v) is 10.5. The molecule has 1 atom stereocenters. The van der Waals surface area contributed by atoms with Gasteiger partial charge in [-0.05, 0) is 24.5 Å². The van der Waals surface area contributed by atoms with Gasteiger partial charge < -0.3 is 0 Å². The monoisotopic (exact) mass is 271 g/mol. The molecule has 2 rings (SSSR count). The second-order valence-electron chi connectivity index (χ2n) is 4.07. The Morgan fingerprint density at radius 1 is 1.29 bits per heavy atom. The van der Waals surface area contributed by atoms with Crippen LogP contribution in [0.5, 0.6) is 0 Å². The number of amides is 2. The van der Waals surface area contributed by atoms with Gasteiger partial charge in [0.25, 0.3) is 0 Å². The topological polar surface area (TPSA) is 46.2 Å². The average molecular weight is 272 g/mol. The van der Waals surface area contributed by atoms with Crippen LogP contribution in [0.4, 0.5) is 0 Å². The van der Waals surface area contributed by atoms with E-state index >= 15 is 0 Å². The van der Waals surface area contributed by atoms with E-state index in [0.717, 1.165) is 5.56 Å². The van der Waals surface area contributed by atoms with Gasteiger partial charge in [0.1, 0.15) is 0 Å². The van der Waals surface area contributed by atoms with Crippen LogP contribution in [0.15, 0.2) is 18.2 Å². The summed E-state index contributed by atoms with van der Waals surface area (Å²) in [4.78, 5) is 22.6. The molecule has 1 aliphatic heterocycles. The highest BCUT2D eigenvalue weighted by Crippen LogP contribution is 2.29. The van der Waals surface area contributed by atoms with Gasteiger partial charge in [0.2, 0.25) is 11.8 Å². The average Bonchev–Trinajstić information content (AvgIpc) is 2.28. The lowest BCUT2D eigenvalue weighted by atomic mass is 9.91. The SMILES string of the molecule is O=C1CCC(Cc2cccc(Cl)c2Cl)C(=O)N1. The molecule has 1 aromatic rings. The molecule has 1 fully saturated rings. The van der Waals surface area contributed by atoms with Crippen molar-refractivity contribution in [3.63, 3.8) is 0 Å². The molecule has 3 nitrogen and oxygen atoms in total. The van der Waals surface area contributed by atoms with Crippen molar-refractivity contribution in [3.8, 4) is 0 Å². The van der Waals surface area contributed by atoms with E-state index in [1.54, 1.807) is 12.1 Å². The van der Waals surface area contributed by atoms with Gasteiger partial charge >= 0.3 is 0 Å². The normalized spacial score (nSPS) is 20.2. The van der Waals surface area contributed by atoms with E-state index in [1.807, 2.05) is 6.07 Å². The highest BCUT2D eigenvalue weighted by molar-refractivity contribution is 6.42. The summed E-state index contributed by atoms with van der Waals surface area (Å²) in [6, 6.07) is 5.35. The summed E-state index contributed by atoms with van der Waals surface area (Å²) in [5.41, 5.74) is 0.841. The van der Waals surface area contributed by atoms with Gasteiger partial charge in [-0.2, -0.15) is 0 Å². The van der Waals surface area contributed by atoms with Crippen LogP contribution in [-0.4, -0.2) is 11.8 Å². The smallest absolute Gasteiger partial charge is 0.230 e. The van der Waals surface area contributed by atoms with E-state index in [0.29, 0.717) is 29.3 Å². The quantitative estimate of drug-likeness (QED) is 0.841. The van der Waals surface area contributed by atoms with Crippen LogP contribution in [0.3, 0.4) is 0 Å². The van der Waals surface area contributed by atoms with Crippen molar-refractivity contribution in [2.24, 2.45) is 5.92 Å². The molecule has 90 valence electrons. The zero-order chi connectivity index (χ0) is 12.4. The van der Waals surface area contributed by atoms with Gasteiger partial charge in [0, 0.05) is 12.3 Å². The van der Waals surface area contributed by atoms with Crippen LogP contribution < -0.4 is 5.32 Å². The van der Waals surface area contributed by atoms with Crippen LogP contribution in [0.1, 0.15) is 18.4 Å². The second kappa shape index (κ2) is 5.07. The molecule has 1 aromatic carbocycles. The fourth-order valence-electron chi connectivity index (χ4n) is 1.90. The number of halogens is 2. The third-order valence-electron chi connectivity index (χ3n) is 2.85. The van der Waals surface area contributed by atoms with Crippen LogP contribution in [-0.2, 0) is 16.0 Å². The first kappa shape index (κ1) is 12.4. The molecule has 1 heterocycles. The van der Waals surface area contributed by atoms with E-state index in [4.69, 9.17) is 23.2 Å². The molecule has 0 aliphatic carbocycles. The summed E-state index contributed by atoms with van der Waals surface area (Å²) in [6.45, 7) is 0. The van der Waals surface area contributed by atoms with E-state index in [9.17, 15) is 9.59 Å². The maximum atomic E-state index is 11.6. The number of hydrogen-bond donors (Lipinski definition) is 1. The minimum absolute atomic E-state index is 0.205. The second-order valence-corrected chi connectivity index (χ2v) is 4.85. The summed E-state index contributed by atoms with van der Waals surface area (Å²) in [6.07, 6.45) is 1.46. The molecule has 2 amide bonds. The molecule has 0 radical (unpaired) electrons. The number of nitrogens with one attached hydrogen (secondary N) is 1. The molecule has 17 heavy (non-hydrogen) atoms. The van der Waals surface area contributed by atoms with Gasteiger partial charge in [0.15, 0.2) is 0 Å². The first-order chi connectivity index (χ1) is 8.08. The Balaban J connectivity index is 2.13. The number of carbonyl (C=O) groups is 2. The molecule has 5 heteroatoms. The zero-order valence-electron chi connectivity index (χ0n) is 9.00. The van der Waals surface area contributed by atoms with Gasteiger partial charge in [-0.15, -0.1) is 0 Å². The highest BCUT2D eigenvalue weighted by Gasteiger charge is 2.27. The Morgan fingerprint density at radius 3 is 2.76 bits per heavy atom. The van der Waals surface area contributed by atoms with Crippen molar-refractivity contribution in [1.82, 2.24) is 5.32 Å². The predicted octanol–water partition coefficient (Wildman–Crippen LogP) is 2.59. The Hall–Kier alpha value is -1.06. The number of hydrogen-bond acceptors (Lipinski definition) is 2.